The number of benzene rings is 1. The van der Waals surface area contributed by atoms with Crippen LogP contribution in [0.25, 0.3) is 0 Å². The molecule has 0 spiro atoms. The zero-order chi connectivity index (χ0) is 11.4. The lowest BCUT2D eigenvalue weighted by Gasteiger charge is -2.20. The van der Waals surface area contributed by atoms with Crippen molar-refractivity contribution in [2.24, 2.45) is 5.73 Å². The molecule has 1 rings (SSSR count). The van der Waals surface area contributed by atoms with E-state index in [0.717, 1.165) is 0 Å². The van der Waals surface area contributed by atoms with Gasteiger partial charge in [0.2, 0.25) is 0 Å². The first kappa shape index (κ1) is 11.9. The summed E-state index contributed by atoms with van der Waals surface area (Å²) >= 11 is 0. The SMILES string of the molecule is COc1c(F)cccc1C(C)C(O)CN. The van der Waals surface area contributed by atoms with E-state index in [1.54, 1.807) is 19.1 Å². The van der Waals surface area contributed by atoms with Crippen molar-refractivity contribution in [3.8, 4) is 5.75 Å². The number of methoxy groups -OCH3 is 1. The van der Waals surface area contributed by atoms with Gasteiger partial charge < -0.3 is 15.6 Å². The third-order valence-corrected chi connectivity index (χ3v) is 2.51. The Morgan fingerprint density at radius 3 is 2.73 bits per heavy atom. The number of aliphatic hydroxyl groups is 1. The van der Waals surface area contributed by atoms with Crippen molar-refractivity contribution in [2.45, 2.75) is 18.9 Å². The average Bonchev–Trinajstić information content (AvgIpc) is 2.26. The van der Waals surface area contributed by atoms with E-state index in [-0.39, 0.29) is 18.2 Å². The van der Waals surface area contributed by atoms with Crippen LogP contribution in [0.2, 0.25) is 0 Å². The van der Waals surface area contributed by atoms with Crippen molar-refractivity contribution in [3.63, 3.8) is 0 Å². The van der Waals surface area contributed by atoms with Gasteiger partial charge in [-0.2, -0.15) is 0 Å². The molecule has 0 bridgehead atoms. The smallest absolute Gasteiger partial charge is 0.165 e. The summed E-state index contributed by atoms with van der Waals surface area (Å²) in [6.45, 7) is 1.93. The zero-order valence-electron chi connectivity index (χ0n) is 8.90. The lowest BCUT2D eigenvalue weighted by Crippen LogP contribution is -2.26. The highest BCUT2D eigenvalue weighted by molar-refractivity contribution is 5.37. The molecule has 0 aromatic heterocycles. The maximum atomic E-state index is 13.3. The van der Waals surface area contributed by atoms with Gasteiger partial charge >= 0.3 is 0 Å². The molecule has 0 fully saturated rings. The van der Waals surface area contributed by atoms with E-state index < -0.39 is 11.9 Å². The van der Waals surface area contributed by atoms with Crippen molar-refractivity contribution in [1.29, 1.82) is 0 Å². The monoisotopic (exact) mass is 213 g/mol. The predicted molar refractivity (Wildman–Crippen MR) is 56.4 cm³/mol. The highest BCUT2D eigenvalue weighted by atomic mass is 19.1. The summed E-state index contributed by atoms with van der Waals surface area (Å²) in [4.78, 5) is 0. The number of halogens is 1. The minimum absolute atomic E-state index is 0.140. The number of para-hydroxylation sites is 1. The zero-order valence-corrected chi connectivity index (χ0v) is 8.90. The molecular formula is C11H16FNO2. The highest BCUT2D eigenvalue weighted by Crippen LogP contribution is 2.30. The van der Waals surface area contributed by atoms with Crippen LogP contribution < -0.4 is 10.5 Å². The number of ether oxygens (including phenoxy) is 1. The summed E-state index contributed by atoms with van der Waals surface area (Å²) in [6, 6.07) is 4.64. The molecule has 0 aliphatic carbocycles. The van der Waals surface area contributed by atoms with Gasteiger partial charge in [-0.25, -0.2) is 4.39 Å². The Kier molecular flexibility index (Phi) is 4.05. The van der Waals surface area contributed by atoms with E-state index in [2.05, 4.69) is 0 Å². The fourth-order valence-corrected chi connectivity index (χ4v) is 1.51. The molecule has 84 valence electrons. The molecule has 4 heteroatoms. The van der Waals surface area contributed by atoms with Crippen molar-refractivity contribution in [3.05, 3.63) is 29.6 Å². The van der Waals surface area contributed by atoms with Gasteiger partial charge in [-0.1, -0.05) is 19.1 Å². The van der Waals surface area contributed by atoms with E-state index in [1.807, 2.05) is 0 Å². The Bertz CT molecular complexity index is 330. The molecule has 0 radical (unpaired) electrons. The van der Waals surface area contributed by atoms with E-state index >= 15 is 0 Å². The fourth-order valence-electron chi connectivity index (χ4n) is 1.51. The maximum absolute atomic E-state index is 13.3. The summed E-state index contributed by atoms with van der Waals surface area (Å²) in [5.74, 6) is -0.496. The van der Waals surface area contributed by atoms with Crippen LogP contribution in [0.15, 0.2) is 18.2 Å². The second kappa shape index (κ2) is 5.09. The third-order valence-electron chi connectivity index (χ3n) is 2.51. The third kappa shape index (κ3) is 2.46. The predicted octanol–water partition coefficient (Wildman–Crippen LogP) is 1.26. The summed E-state index contributed by atoms with van der Waals surface area (Å²) < 4.78 is 18.3. The van der Waals surface area contributed by atoms with Gasteiger partial charge in [0, 0.05) is 18.0 Å². The first-order valence-electron chi connectivity index (χ1n) is 4.82. The van der Waals surface area contributed by atoms with Crippen LogP contribution in [-0.4, -0.2) is 24.9 Å². The maximum Gasteiger partial charge on any atom is 0.165 e. The first-order chi connectivity index (χ1) is 7.11. The number of aliphatic hydroxyl groups excluding tert-OH is 1. The Morgan fingerprint density at radius 1 is 1.53 bits per heavy atom. The second-order valence-electron chi connectivity index (χ2n) is 3.45. The number of hydrogen-bond donors (Lipinski definition) is 2. The molecule has 0 amide bonds. The van der Waals surface area contributed by atoms with Crippen molar-refractivity contribution in [1.82, 2.24) is 0 Å². The van der Waals surface area contributed by atoms with E-state index in [4.69, 9.17) is 10.5 Å². The van der Waals surface area contributed by atoms with Crippen LogP contribution in [0.5, 0.6) is 5.75 Å². The van der Waals surface area contributed by atoms with Gasteiger partial charge in [-0.3, -0.25) is 0 Å². The van der Waals surface area contributed by atoms with Gasteiger partial charge in [0.25, 0.3) is 0 Å². The topological polar surface area (TPSA) is 55.5 Å². The molecule has 0 aliphatic heterocycles. The van der Waals surface area contributed by atoms with Crippen LogP contribution in [0.3, 0.4) is 0 Å². The molecule has 2 unspecified atom stereocenters. The molecule has 3 N–H and O–H groups in total. The summed E-state index contributed by atoms with van der Waals surface area (Å²) in [5, 5.41) is 9.59. The van der Waals surface area contributed by atoms with Gasteiger partial charge in [0.05, 0.1) is 13.2 Å². The van der Waals surface area contributed by atoms with Crippen LogP contribution >= 0.6 is 0 Å². The number of nitrogens with two attached hydrogens (primary N) is 1. The standard InChI is InChI=1S/C11H16FNO2/c1-7(10(14)6-13)8-4-3-5-9(12)11(8)15-2/h3-5,7,10,14H,6,13H2,1-2H3. The van der Waals surface area contributed by atoms with Crippen LogP contribution in [0, 0.1) is 5.82 Å². The lowest BCUT2D eigenvalue weighted by molar-refractivity contribution is 0.155. The average molecular weight is 213 g/mol. The van der Waals surface area contributed by atoms with Gasteiger partial charge in [-0.15, -0.1) is 0 Å². The van der Waals surface area contributed by atoms with E-state index in [9.17, 15) is 9.50 Å². The molecule has 15 heavy (non-hydrogen) atoms. The van der Waals surface area contributed by atoms with Crippen LogP contribution in [0.1, 0.15) is 18.4 Å². The minimum atomic E-state index is -0.694. The molecule has 0 saturated carbocycles. The van der Waals surface area contributed by atoms with E-state index in [1.165, 1.54) is 13.2 Å². The van der Waals surface area contributed by atoms with Gasteiger partial charge in [0.15, 0.2) is 11.6 Å². The molecule has 1 aromatic carbocycles. The Labute approximate surface area is 88.7 Å². The molecule has 0 saturated heterocycles. The normalized spacial score (nSPS) is 14.7. The van der Waals surface area contributed by atoms with Gasteiger partial charge in [0.1, 0.15) is 0 Å². The van der Waals surface area contributed by atoms with Crippen molar-refractivity contribution in [2.75, 3.05) is 13.7 Å². The molecule has 1 aromatic rings. The largest absolute Gasteiger partial charge is 0.493 e. The fraction of sp³-hybridized carbons (Fsp3) is 0.455. The summed E-state index contributed by atoms with van der Waals surface area (Å²) in [7, 11) is 1.41. The van der Waals surface area contributed by atoms with Crippen LogP contribution in [-0.2, 0) is 0 Å². The molecule has 2 atom stereocenters. The number of hydrogen-bond acceptors (Lipinski definition) is 3. The highest BCUT2D eigenvalue weighted by Gasteiger charge is 2.20. The quantitative estimate of drug-likeness (QED) is 0.791. The minimum Gasteiger partial charge on any atom is -0.493 e. The molecule has 3 nitrogen and oxygen atoms in total. The van der Waals surface area contributed by atoms with Gasteiger partial charge in [-0.05, 0) is 6.07 Å². The van der Waals surface area contributed by atoms with Crippen molar-refractivity contribution >= 4 is 0 Å². The Hall–Kier alpha value is -1.13. The second-order valence-corrected chi connectivity index (χ2v) is 3.45. The lowest BCUT2D eigenvalue weighted by atomic mass is 9.94. The molecule has 0 heterocycles. The Morgan fingerprint density at radius 2 is 2.20 bits per heavy atom. The van der Waals surface area contributed by atoms with Crippen LogP contribution in [0.4, 0.5) is 4.39 Å². The Balaban J connectivity index is 3.07. The summed E-state index contributed by atoms with van der Waals surface area (Å²) in [6.07, 6.45) is -0.694. The van der Waals surface area contributed by atoms with E-state index in [0.29, 0.717) is 5.56 Å². The number of rotatable bonds is 4. The summed E-state index contributed by atoms with van der Waals surface area (Å²) in [5.41, 5.74) is 5.99. The van der Waals surface area contributed by atoms with Crippen molar-refractivity contribution < 1.29 is 14.2 Å². The molecule has 0 aliphatic rings. The first-order valence-corrected chi connectivity index (χ1v) is 4.82. The molecular weight excluding hydrogens is 197 g/mol.